The second-order valence-electron chi connectivity index (χ2n) is 6.32. The van der Waals surface area contributed by atoms with Crippen molar-refractivity contribution in [2.45, 2.75) is 33.1 Å². The third-order valence-electron chi connectivity index (χ3n) is 4.05. The van der Waals surface area contributed by atoms with Gasteiger partial charge in [0.15, 0.2) is 0 Å². The van der Waals surface area contributed by atoms with Crippen LogP contribution in [0, 0.1) is 5.41 Å². The highest BCUT2D eigenvalue weighted by atomic mass is 16.2. The van der Waals surface area contributed by atoms with Crippen molar-refractivity contribution in [1.82, 2.24) is 0 Å². The smallest absolute Gasteiger partial charge is 0.231 e. The number of aryl methyl sites for hydroxylation is 1. The molecule has 1 aliphatic carbocycles. The van der Waals surface area contributed by atoms with Crippen molar-refractivity contribution >= 4 is 11.6 Å². The number of benzene rings is 1. The average molecular weight is 279 g/mol. The Kier molecular flexibility index (Phi) is 3.54. The first-order chi connectivity index (χ1) is 10.1. The number of allylic oxidation sites excluding steroid dienone is 5. The lowest BCUT2D eigenvalue weighted by molar-refractivity contribution is -0.118. The molecule has 1 aromatic carbocycles. The normalized spacial score (nSPS) is 20.6. The molecular weight excluding hydrogens is 258 g/mol. The Morgan fingerprint density at radius 1 is 1.10 bits per heavy atom. The van der Waals surface area contributed by atoms with Gasteiger partial charge in [0, 0.05) is 17.5 Å². The Balaban J connectivity index is 2.06. The minimum absolute atomic E-state index is 0.0205. The van der Waals surface area contributed by atoms with E-state index in [1.807, 2.05) is 29.2 Å². The van der Waals surface area contributed by atoms with Gasteiger partial charge in [-0.15, -0.1) is 0 Å². The molecule has 0 saturated carbocycles. The first-order valence-electron chi connectivity index (χ1n) is 7.56. The summed E-state index contributed by atoms with van der Waals surface area (Å²) in [6.45, 7) is 4.32. The molecule has 2 aliphatic rings. The third-order valence-corrected chi connectivity index (χ3v) is 4.05. The molecule has 2 heteroatoms. The molecule has 0 bridgehead atoms. The van der Waals surface area contributed by atoms with E-state index in [4.69, 9.17) is 0 Å². The van der Waals surface area contributed by atoms with Crippen LogP contribution >= 0.6 is 0 Å². The van der Waals surface area contributed by atoms with Gasteiger partial charge in [-0.2, -0.15) is 0 Å². The Hall–Kier alpha value is -2.09. The molecule has 0 N–H and O–H groups in total. The highest BCUT2D eigenvalue weighted by Gasteiger charge is 2.24. The molecule has 1 aliphatic heterocycles. The van der Waals surface area contributed by atoms with E-state index in [1.54, 1.807) is 0 Å². The average Bonchev–Trinajstić information content (AvgIpc) is 2.72. The number of anilines is 1. The van der Waals surface area contributed by atoms with Crippen LogP contribution in [0.2, 0.25) is 0 Å². The first kappa shape index (κ1) is 13.9. The highest BCUT2D eigenvalue weighted by molar-refractivity contribution is 5.98. The molecule has 2 nitrogen and oxygen atoms in total. The van der Waals surface area contributed by atoms with Crippen molar-refractivity contribution in [3.63, 3.8) is 0 Å². The summed E-state index contributed by atoms with van der Waals surface area (Å²) in [5.74, 6) is 0.184. The number of nitrogens with zero attached hydrogens (tertiary/aromatic N) is 1. The zero-order valence-corrected chi connectivity index (χ0v) is 12.7. The molecule has 1 heterocycles. The molecule has 0 unspecified atom stereocenters. The Labute approximate surface area is 126 Å². The van der Waals surface area contributed by atoms with E-state index < -0.39 is 0 Å². The summed E-state index contributed by atoms with van der Waals surface area (Å²) in [5.41, 5.74) is 3.26. The van der Waals surface area contributed by atoms with Crippen molar-refractivity contribution in [2.75, 3.05) is 4.90 Å². The van der Waals surface area contributed by atoms with E-state index in [9.17, 15) is 4.79 Å². The lowest BCUT2D eigenvalue weighted by Crippen LogP contribution is -2.28. The molecule has 0 fully saturated rings. The SMILES string of the molecule is CC1(C)C=CC=C(N2C(=O)CCCc3ccccc32)C=C1. The molecular formula is C19H21NO. The molecule has 108 valence electrons. The molecule has 0 spiro atoms. The summed E-state index contributed by atoms with van der Waals surface area (Å²) in [4.78, 5) is 14.5. The number of hydrogen-bond acceptors (Lipinski definition) is 1. The maximum atomic E-state index is 12.6. The van der Waals surface area contributed by atoms with Gasteiger partial charge >= 0.3 is 0 Å². The van der Waals surface area contributed by atoms with E-state index >= 15 is 0 Å². The summed E-state index contributed by atoms with van der Waals surface area (Å²) in [5, 5.41) is 0. The maximum absolute atomic E-state index is 12.6. The predicted octanol–water partition coefficient (Wildman–Crippen LogP) is 4.39. The van der Waals surface area contributed by atoms with Crippen molar-refractivity contribution in [3.8, 4) is 0 Å². The van der Waals surface area contributed by atoms with Gasteiger partial charge < -0.3 is 0 Å². The van der Waals surface area contributed by atoms with Crippen LogP contribution in [0.4, 0.5) is 5.69 Å². The Morgan fingerprint density at radius 2 is 1.90 bits per heavy atom. The van der Waals surface area contributed by atoms with Gasteiger partial charge in [-0.3, -0.25) is 9.69 Å². The molecule has 0 aromatic heterocycles. The fraction of sp³-hybridized carbons (Fsp3) is 0.316. The predicted molar refractivity (Wildman–Crippen MR) is 87.0 cm³/mol. The topological polar surface area (TPSA) is 20.3 Å². The van der Waals surface area contributed by atoms with Crippen LogP contribution < -0.4 is 4.90 Å². The molecule has 0 saturated heterocycles. The van der Waals surface area contributed by atoms with Crippen LogP contribution in [0.5, 0.6) is 0 Å². The highest BCUT2D eigenvalue weighted by Crippen LogP contribution is 2.32. The van der Waals surface area contributed by atoms with E-state index in [-0.39, 0.29) is 11.3 Å². The largest absolute Gasteiger partial charge is 0.281 e. The van der Waals surface area contributed by atoms with Crippen LogP contribution in [0.25, 0.3) is 0 Å². The summed E-state index contributed by atoms with van der Waals surface area (Å²) in [6, 6.07) is 8.23. The number of carbonyl (C=O) groups is 1. The van der Waals surface area contributed by atoms with Crippen molar-refractivity contribution < 1.29 is 4.79 Å². The van der Waals surface area contributed by atoms with Crippen LogP contribution in [0.15, 0.2) is 60.3 Å². The van der Waals surface area contributed by atoms with Crippen molar-refractivity contribution in [3.05, 3.63) is 65.9 Å². The molecule has 0 atom stereocenters. The fourth-order valence-electron chi connectivity index (χ4n) is 2.85. The number of fused-ring (bicyclic) bond motifs is 1. The van der Waals surface area contributed by atoms with Crippen LogP contribution in [0.1, 0.15) is 32.3 Å². The number of amides is 1. The van der Waals surface area contributed by atoms with Gasteiger partial charge in [0.05, 0.1) is 5.69 Å². The van der Waals surface area contributed by atoms with Gasteiger partial charge in [-0.1, -0.05) is 50.3 Å². The zero-order valence-electron chi connectivity index (χ0n) is 12.7. The van der Waals surface area contributed by atoms with Crippen LogP contribution in [-0.4, -0.2) is 5.91 Å². The number of rotatable bonds is 1. The Morgan fingerprint density at radius 3 is 2.76 bits per heavy atom. The van der Waals surface area contributed by atoms with Gasteiger partial charge in [0.25, 0.3) is 0 Å². The monoisotopic (exact) mass is 279 g/mol. The van der Waals surface area contributed by atoms with Gasteiger partial charge in [-0.25, -0.2) is 0 Å². The second-order valence-corrected chi connectivity index (χ2v) is 6.32. The fourth-order valence-corrected chi connectivity index (χ4v) is 2.85. The van der Waals surface area contributed by atoms with E-state index in [1.165, 1.54) is 5.56 Å². The van der Waals surface area contributed by atoms with Gasteiger partial charge in [-0.05, 0) is 36.6 Å². The zero-order chi connectivity index (χ0) is 14.9. The summed E-state index contributed by atoms with van der Waals surface area (Å²) in [7, 11) is 0. The molecule has 1 aromatic rings. The number of carbonyl (C=O) groups excluding carboxylic acids is 1. The molecule has 1 amide bonds. The van der Waals surface area contributed by atoms with E-state index in [0.717, 1.165) is 24.2 Å². The van der Waals surface area contributed by atoms with Crippen molar-refractivity contribution in [2.24, 2.45) is 5.41 Å². The standard InChI is InChI=1S/C19H21NO/c1-19(2)13-6-9-16(12-14-19)20-17-10-4-3-7-15(17)8-5-11-18(20)21/h3-4,6-7,9-10,12-14H,5,8,11H2,1-2H3. The van der Waals surface area contributed by atoms with Gasteiger partial charge in [0.2, 0.25) is 5.91 Å². The number of para-hydroxylation sites is 1. The minimum atomic E-state index is 0.0205. The molecule has 0 radical (unpaired) electrons. The quantitative estimate of drug-likeness (QED) is 0.746. The van der Waals surface area contributed by atoms with E-state index in [0.29, 0.717) is 6.42 Å². The lowest BCUT2D eigenvalue weighted by atomic mass is 9.93. The van der Waals surface area contributed by atoms with Crippen molar-refractivity contribution in [1.29, 1.82) is 0 Å². The second kappa shape index (κ2) is 5.36. The molecule has 3 rings (SSSR count). The van der Waals surface area contributed by atoms with Gasteiger partial charge in [0.1, 0.15) is 0 Å². The number of hydrogen-bond donors (Lipinski definition) is 0. The minimum Gasteiger partial charge on any atom is -0.281 e. The summed E-state index contributed by atoms with van der Waals surface area (Å²) >= 11 is 0. The first-order valence-corrected chi connectivity index (χ1v) is 7.56. The third kappa shape index (κ3) is 2.85. The summed E-state index contributed by atoms with van der Waals surface area (Å²) in [6.07, 6.45) is 13.0. The maximum Gasteiger partial charge on any atom is 0.231 e. The summed E-state index contributed by atoms with van der Waals surface area (Å²) < 4.78 is 0. The molecule has 21 heavy (non-hydrogen) atoms. The van der Waals surface area contributed by atoms with E-state index in [2.05, 4.69) is 44.2 Å². The van der Waals surface area contributed by atoms with Crippen LogP contribution in [-0.2, 0) is 11.2 Å². The lowest BCUT2D eigenvalue weighted by Gasteiger charge is -2.24. The van der Waals surface area contributed by atoms with Crippen LogP contribution in [0.3, 0.4) is 0 Å². The Bertz CT molecular complexity index is 649.